The van der Waals surface area contributed by atoms with Gasteiger partial charge in [-0.3, -0.25) is 9.48 Å². The first-order valence-corrected chi connectivity index (χ1v) is 13.2. The molecule has 5 heteroatoms. The van der Waals surface area contributed by atoms with Gasteiger partial charge in [-0.25, -0.2) is 0 Å². The summed E-state index contributed by atoms with van der Waals surface area (Å²) in [5, 5.41) is 5.54. The number of anilines is 1. The van der Waals surface area contributed by atoms with Gasteiger partial charge < -0.3 is 4.90 Å². The molecule has 1 aromatic carbocycles. The molecule has 0 radical (unpaired) electrons. The van der Waals surface area contributed by atoms with Crippen LogP contribution in [-0.2, 0) is 17.9 Å². The predicted octanol–water partition coefficient (Wildman–Crippen LogP) is 8.16. The Labute approximate surface area is 199 Å². The number of hydrogen-bond donors (Lipinski definition) is 0. The van der Waals surface area contributed by atoms with Crippen molar-refractivity contribution in [3.63, 3.8) is 0 Å². The Morgan fingerprint density at radius 2 is 1.56 bits per heavy atom. The number of aromatic nitrogens is 2. The van der Waals surface area contributed by atoms with Gasteiger partial charge >= 0.3 is 0 Å². The van der Waals surface area contributed by atoms with Crippen LogP contribution in [0.2, 0.25) is 5.02 Å². The molecule has 2 heterocycles. The molecule has 0 atom stereocenters. The third kappa shape index (κ3) is 6.84. The van der Waals surface area contributed by atoms with Crippen LogP contribution in [0.4, 0.5) is 5.69 Å². The van der Waals surface area contributed by atoms with Crippen LogP contribution in [0.3, 0.4) is 0 Å². The van der Waals surface area contributed by atoms with Crippen molar-refractivity contribution in [1.82, 2.24) is 9.78 Å². The Morgan fingerprint density at radius 1 is 0.938 bits per heavy atom. The molecule has 176 valence electrons. The molecule has 4 nitrogen and oxygen atoms in total. The number of hydrogen-bond acceptors (Lipinski definition) is 2. The van der Waals surface area contributed by atoms with Crippen LogP contribution in [0.25, 0.3) is 11.3 Å². The SMILES string of the molecule is CCCCCCCCCCCCCCn1cc2c(n1)-c1cc(Cl)ccc1N(C(=O)CC)C2. The van der Waals surface area contributed by atoms with Crippen molar-refractivity contribution in [1.29, 1.82) is 0 Å². The average molecular weight is 458 g/mol. The van der Waals surface area contributed by atoms with E-state index in [1.807, 2.05) is 30.0 Å². The average Bonchev–Trinajstić information content (AvgIpc) is 3.22. The molecule has 1 aliphatic rings. The van der Waals surface area contributed by atoms with Crippen molar-refractivity contribution in [3.05, 3.63) is 35.0 Å². The van der Waals surface area contributed by atoms with E-state index in [1.165, 1.54) is 70.6 Å². The highest BCUT2D eigenvalue weighted by atomic mass is 35.5. The Kier molecular flexibility index (Phi) is 10.1. The van der Waals surface area contributed by atoms with Gasteiger partial charge in [0.1, 0.15) is 0 Å². The molecule has 1 amide bonds. The van der Waals surface area contributed by atoms with Crippen LogP contribution in [0.5, 0.6) is 0 Å². The number of carbonyl (C=O) groups excluding carboxylic acids is 1. The number of benzene rings is 1. The first-order chi connectivity index (χ1) is 15.6. The van der Waals surface area contributed by atoms with E-state index in [9.17, 15) is 4.79 Å². The second kappa shape index (κ2) is 13.0. The second-order valence-electron chi connectivity index (χ2n) is 9.15. The van der Waals surface area contributed by atoms with Crippen LogP contribution >= 0.6 is 11.6 Å². The maximum absolute atomic E-state index is 12.5. The van der Waals surface area contributed by atoms with Gasteiger partial charge in [-0.2, -0.15) is 5.10 Å². The lowest BCUT2D eigenvalue weighted by Gasteiger charge is -2.28. The minimum atomic E-state index is 0.132. The van der Waals surface area contributed by atoms with Crippen LogP contribution in [0.1, 0.15) is 103 Å². The van der Waals surface area contributed by atoms with Gasteiger partial charge in [0, 0.05) is 35.3 Å². The van der Waals surface area contributed by atoms with Crippen molar-refractivity contribution in [3.8, 4) is 11.3 Å². The zero-order chi connectivity index (χ0) is 22.8. The summed E-state index contributed by atoms with van der Waals surface area (Å²) in [6, 6.07) is 5.73. The summed E-state index contributed by atoms with van der Waals surface area (Å²) in [4.78, 5) is 14.4. The molecule has 0 fully saturated rings. The number of amides is 1. The second-order valence-corrected chi connectivity index (χ2v) is 9.59. The number of nitrogens with zero attached hydrogens (tertiary/aromatic N) is 3. The third-order valence-electron chi connectivity index (χ3n) is 6.51. The van der Waals surface area contributed by atoms with Crippen LogP contribution < -0.4 is 4.90 Å². The zero-order valence-corrected chi connectivity index (χ0v) is 20.8. The summed E-state index contributed by atoms with van der Waals surface area (Å²) in [6.07, 6.45) is 18.8. The Balaban J connectivity index is 1.42. The molecule has 3 rings (SSSR count). The van der Waals surface area contributed by atoms with Gasteiger partial charge in [-0.05, 0) is 24.6 Å². The van der Waals surface area contributed by atoms with Crippen LogP contribution in [0, 0.1) is 0 Å². The van der Waals surface area contributed by atoms with E-state index >= 15 is 0 Å². The topological polar surface area (TPSA) is 38.1 Å². The van der Waals surface area contributed by atoms with Crippen molar-refractivity contribution in [2.45, 2.75) is 110 Å². The molecular formula is C27H40ClN3O. The fraction of sp³-hybridized carbons (Fsp3) is 0.630. The molecule has 0 saturated heterocycles. The number of aryl methyl sites for hydroxylation is 1. The van der Waals surface area contributed by atoms with Crippen molar-refractivity contribution < 1.29 is 4.79 Å². The van der Waals surface area contributed by atoms with Crippen LogP contribution in [-0.4, -0.2) is 15.7 Å². The fourth-order valence-electron chi connectivity index (χ4n) is 4.64. The van der Waals surface area contributed by atoms with Gasteiger partial charge in [-0.1, -0.05) is 96.1 Å². The van der Waals surface area contributed by atoms with E-state index in [0.29, 0.717) is 18.0 Å². The molecule has 1 aromatic heterocycles. The maximum Gasteiger partial charge on any atom is 0.227 e. The van der Waals surface area contributed by atoms with Gasteiger partial charge in [0.2, 0.25) is 5.91 Å². The molecule has 32 heavy (non-hydrogen) atoms. The van der Waals surface area contributed by atoms with E-state index in [2.05, 4.69) is 17.8 Å². The van der Waals surface area contributed by atoms with Gasteiger partial charge in [0.25, 0.3) is 0 Å². The van der Waals surface area contributed by atoms with Gasteiger partial charge in [-0.15, -0.1) is 0 Å². The molecule has 1 aliphatic heterocycles. The highest BCUT2D eigenvalue weighted by Gasteiger charge is 2.28. The van der Waals surface area contributed by atoms with Crippen molar-refractivity contribution >= 4 is 23.2 Å². The smallest absolute Gasteiger partial charge is 0.227 e. The van der Waals surface area contributed by atoms with Gasteiger partial charge in [0.15, 0.2) is 0 Å². The quantitative estimate of drug-likeness (QED) is 0.268. The normalized spacial score (nSPS) is 12.7. The molecule has 0 unspecified atom stereocenters. The molecule has 0 saturated carbocycles. The summed E-state index contributed by atoms with van der Waals surface area (Å²) in [6.45, 7) is 5.71. The highest BCUT2D eigenvalue weighted by molar-refractivity contribution is 6.31. The monoisotopic (exact) mass is 457 g/mol. The highest BCUT2D eigenvalue weighted by Crippen LogP contribution is 2.40. The van der Waals surface area contributed by atoms with E-state index in [1.54, 1.807) is 0 Å². The summed E-state index contributed by atoms with van der Waals surface area (Å²) >= 11 is 6.27. The lowest BCUT2D eigenvalue weighted by Crippen LogP contribution is -2.32. The summed E-state index contributed by atoms with van der Waals surface area (Å²) < 4.78 is 2.06. The molecule has 0 aliphatic carbocycles. The predicted molar refractivity (Wildman–Crippen MR) is 135 cm³/mol. The third-order valence-corrected chi connectivity index (χ3v) is 6.75. The van der Waals surface area contributed by atoms with Crippen molar-refractivity contribution in [2.24, 2.45) is 0 Å². The molecular weight excluding hydrogens is 418 g/mol. The van der Waals surface area contributed by atoms with Crippen molar-refractivity contribution in [2.75, 3.05) is 4.90 Å². The molecule has 2 aromatic rings. The number of carbonyl (C=O) groups is 1. The first-order valence-electron chi connectivity index (χ1n) is 12.8. The first kappa shape index (κ1) is 24.8. The van der Waals surface area contributed by atoms with E-state index in [4.69, 9.17) is 16.7 Å². The van der Waals surface area contributed by atoms with Gasteiger partial charge in [0.05, 0.1) is 17.9 Å². The summed E-state index contributed by atoms with van der Waals surface area (Å²) in [5.74, 6) is 0.132. The van der Waals surface area contributed by atoms with E-state index < -0.39 is 0 Å². The standard InChI is InChI=1S/C27H40ClN3O/c1-3-5-6-7-8-9-10-11-12-13-14-15-18-30-20-22-21-31(26(32)4-2)25-17-16-23(28)19-24(25)27(22)29-30/h16-17,19-20H,3-15,18,21H2,1-2H3. The lowest BCUT2D eigenvalue weighted by molar-refractivity contribution is -0.118. The molecule has 0 bridgehead atoms. The number of unbranched alkanes of at least 4 members (excludes halogenated alkanes) is 11. The lowest BCUT2D eigenvalue weighted by atomic mass is 10.00. The number of fused-ring (bicyclic) bond motifs is 3. The fourth-order valence-corrected chi connectivity index (χ4v) is 4.81. The minimum absolute atomic E-state index is 0.132. The zero-order valence-electron chi connectivity index (χ0n) is 20.0. The Hall–Kier alpha value is -1.81. The Bertz CT molecular complexity index is 861. The minimum Gasteiger partial charge on any atom is -0.307 e. The number of rotatable bonds is 14. The molecule has 0 N–H and O–H groups in total. The van der Waals surface area contributed by atoms with E-state index in [-0.39, 0.29) is 5.91 Å². The molecule has 0 spiro atoms. The summed E-state index contributed by atoms with van der Waals surface area (Å²) in [7, 11) is 0. The van der Waals surface area contributed by atoms with Crippen LogP contribution in [0.15, 0.2) is 24.4 Å². The maximum atomic E-state index is 12.5. The Morgan fingerprint density at radius 3 is 2.19 bits per heavy atom. The summed E-state index contributed by atoms with van der Waals surface area (Å²) in [5.41, 5.74) is 3.97. The largest absolute Gasteiger partial charge is 0.307 e. The number of halogens is 1. The van der Waals surface area contributed by atoms with E-state index in [0.717, 1.165) is 35.5 Å².